The van der Waals surface area contributed by atoms with Crippen molar-refractivity contribution in [3.05, 3.63) is 21.5 Å². The van der Waals surface area contributed by atoms with Crippen LogP contribution in [0, 0.1) is 0 Å². The molecule has 0 bridgehead atoms. The number of thiophene rings is 1. The van der Waals surface area contributed by atoms with Crippen molar-refractivity contribution >= 4 is 50.4 Å². The van der Waals surface area contributed by atoms with E-state index in [1.807, 2.05) is 0 Å². The van der Waals surface area contributed by atoms with E-state index < -0.39 is 17.7 Å². The van der Waals surface area contributed by atoms with Gasteiger partial charge in [0.15, 0.2) is 0 Å². The molecule has 1 heterocycles. The number of carbonyl (C=O) groups excluding carboxylic acids is 2. The molecule has 0 unspecified atom stereocenters. The van der Waals surface area contributed by atoms with Gasteiger partial charge in [-0.25, -0.2) is 9.59 Å². The lowest BCUT2D eigenvalue weighted by Gasteiger charge is -2.19. The maximum Gasteiger partial charge on any atom is 0.412 e. The Balaban J connectivity index is 2.70. The Bertz CT molecular complexity index is 546. The van der Waals surface area contributed by atoms with E-state index in [9.17, 15) is 9.59 Å². The van der Waals surface area contributed by atoms with Crippen molar-refractivity contribution in [2.24, 2.45) is 0 Å². The molecule has 5 nitrogen and oxygen atoms in total. The number of carbonyl (C=O) groups is 2. The average molecular weight is 376 g/mol. The molecule has 116 valence electrons. The van der Waals surface area contributed by atoms with E-state index in [0.717, 1.165) is 9.35 Å². The average Bonchev–Trinajstić information content (AvgIpc) is 2.64. The summed E-state index contributed by atoms with van der Waals surface area (Å²) in [4.78, 5) is 23.7. The fourth-order valence-corrected chi connectivity index (χ4v) is 2.89. The number of ether oxygens (including phenoxy) is 2. The van der Waals surface area contributed by atoms with E-state index in [1.54, 1.807) is 39.8 Å². The van der Waals surface area contributed by atoms with Crippen molar-refractivity contribution in [2.75, 3.05) is 11.9 Å². The van der Waals surface area contributed by atoms with Gasteiger partial charge in [-0.2, -0.15) is 0 Å². The van der Waals surface area contributed by atoms with Crippen LogP contribution in [0.25, 0.3) is 6.08 Å². The third-order valence-corrected chi connectivity index (χ3v) is 3.93. The van der Waals surface area contributed by atoms with Gasteiger partial charge in [-0.15, -0.1) is 11.3 Å². The molecule has 0 fully saturated rings. The summed E-state index contributed by atoms with van der Waals surface area (Å²) in [7, 11) is 0. The first kappa shape index (κ1) is 17.7. The van der Waals surface area contributed by atoms with Gasteiger partial charge in [0.05, 0.1) is 11.6 Å². The summed E-state index contributed by atoms with van der Waals surface area (Å²) in [5.74, 6) is -0.403. The van der Waals surface area contributed by atoms with Crippen LogP contribution >= 0.6 is 27.3 Å². The molecule has 0 saturated heterocycles. The summed E-state index contributed by atoms with van der Waals surface area (Å²) in [6, 6.07) is 1.75. The molecular weight excluding hydrogens is 358 g/mol. The van der Waals surface area contributed by atoms with Crippen LogP contribution in [0.4, 0.5) is 9.80 Å². The Morgan fingerprint density at radius 3 is 2.67 bits per heavy atom. The molecule has 0 radical (unpaired) electrons. The smallest absolute Gasteiger partial charge is 0.412 e. The number of halogens is 1. The van der Waals surface area contributed by atoms with E-state index in [1.165, 1.54) is 17.4 Å². The van der Waals surface area contributed by atoms with Gasteiger partial charge in [0.25, 0.3) is 0 Å². The molecule has 1 aromatic rings. The molecule has 1 N–H and O–H groups in total. The van der Waals surface area contributed by atoms with Crippen LogP contribution in [0.3, 0.4) is 0 Å². The van der Waals surface area contributed by atoms with E-state index in [4.69, 9.17) is 9.47 Å². The van der Waals surface area contributed by atoms with Gasteiger partial charge in [-0.05, 0) is 55.8 Å². The summed E-state index contributed by atoms with van der Waals surface area (Å²) in [6.45, 7) is 7.47. The van der Waals surface area contributed by atoms with Crippen LogP contribution < -0.4 is 5.32 Å². The Labute approximate surface area is 136 Å². The fourth-order valence-electron chi connectivity index (χ4n) is 1.30. The number of nitrogens with one attached hydrogen (secondary N) is 1. The third kappa shape index (κ3) is 6.77. The Hall–Kier alpha value is -1.34. The first-order valence-corrected chi connectivity index (χ1v) is 7.96. The molecule has 0 saturated carbocycles. The molecule has 7 heteroatoms. The standard InChI is InChI=1S/C14H18BrNO4S/c1-5-19-12(17)7-6-10-9(15)8-11(21-10)16-13(18)20-14(2,3)4/h6-8H,5H2,1-4H3,(H,16,18)/b7-6+. The minimum atomic E-state index is -0.550. The van der Waals surface area contributed by atoms with Crippen molar-refractivity contribution in [1.82, 2.24) is 0 Å². The van der Waals surface area contributed by atoms with E-state index in [0.29, 0.717) is 11.6 Å². The number of amides is 1. The molecule has 0 aromatic carbocycles. The van der Waals surface area contributed by atoms with Crippen LogP contribution in [0.15, 0.2) is 16.6 Å². The second-order valence-corrected chi connectivity index (χ2v) is 6.97. The Morgan fingerprint density at radius 2 is 2.10 bits per heavy atom. The van der Waals surface area contributed by atoms with Crippen LogP contribution in [0.5, 0.6) is 0 Å². The highest BCUT2D eigenvalue weighted by atomic mass is 79.9. The second-order valence-electron chi connectivity index (χ2n) is 5.04. The summed E-state index contributed by atoms with van der Waals surface area (Å²) < 4.78 is 10.8. The van der Waals surface area contributed by atoms with Gasteiger partial charge < -0.3 is 9.47 Å². The number of hydrogen-bond acceptors (Lipinski definition) is 5. The van der Waals surface area contributed by atoms with Gasteiger partial charge >= 0.3 is 12.1 Å². The van der Waals surface area contributed by atoms with Crippen LogP contribution in [0.1, 0.15) is 32.6 Å². The van der Waals surface area contributed by atoms with Crippen LogP contribution in [0.2, 0.25) is 0 Å². The highest BCUT2D eigenvalue weighted by Gasteiger charge is 2.17. The zero-order valence-electron chi connectivity index (χ0n) is 12.4. The fraction of sp³-hybridized carbons (Fsp3) is 0.429. The summed E-state index contributed by atoms with van der Waals surface area (Å²) in [5, 5.41) is 3.27. The summed E-state index contributed by atoms with van der Waals surface area (Å²) in [5.41, 5.74) is -0.550. The molecule has 0 aliphatic carbocycles. The quantitative estimate of drug-likeness (QED) is 0.624. The predicted molar refractivity (Wildman–Crippen MR) is 87.5 cm³/mol. The van der Waals surface area contributed by atoms with Gasteiger partial charge in [-0.1, -0.05) is 0 Å². The van der Waals surface area contributed by atoms with Crippen molar-refractivity contribution in [2.45, 2.75) is 33.3 Å². The minimum absolute atomic E-state index is 0.334. The maximum absolute atomic E-state index is 11.7. The lowest BCUT2D eigenvalue weighted by Crippen LogP contribution is -2.26. The summed E-state index contributed by atoms with van der Waals surface area (Å²) >= 11 is 4.69. The molecule has 1 amide bonds. The van der Waals surface area contributed by atoms with Gasteiger partial charge in [0.1, 0.15) is 5.60 Å². The molecule has 0 aliphatic rings. The number of anilines is 1. The molecule has 0 spiro atoms. The number of rotatable bonds is 4. The molecular formula is C14H18BrNO4S. The molecule has 0 atom stereocenters. The van der Waals surface area contributed by atoms with Crippen LogP contribution in [-0.2, 0) is 14.3 Å². The second kappa shape index (κ2) is 7.61. The Kier molecular flexibility index (Phi) is 6.42. The highest BCUT2D eigenvalue weighted by Crippen LogP contribution is 2.32. The SMILES string of the molecule is CCOC(=O)/C=C/c1sc(NC(=O)OC(C)(C)C)cc1Br. The minimum Gasteiger partial charge on any atom is -0.463 e. The lowest BCUT2D eigenvalue weighted by atomic mass is 10.2. The van der Waals surface area contributed by atoms with Crippen molar-refractivity contribution < 1.29 is 19.1 Å². The van der Waals surface area contributed by atoms with Gasteiger partial charge in [0.2, 0.25) is 0 Å². The van der Waals surface area contributed by atoms with E-state index in [-0.39, 0.29) is 0 Å². The molecule has 0 aliphatic heterocycles. The monoisotopic (exact) mass is 375 g/mol. The summed E-state index contributed by atoms with van der Waals surface area (Å²) in [6.07, 6.45) is 2.46. The van der Waals surface area contributed by atoms with Crippen molar-refractivity contribution in [3.8, 4) is 0 Å². The van der Waals surface area contributed by atoms with Crippen molar-refractivity contribution in [3.63, 3.8) is 0 Å². The lowest BCUT2D eigenvalue weighted by molar-refractivity contribution is -0.137. The zero-order valence-corrected chi connectivity index (χ0v) is 14.8. The van der Waals surface area contributed by atoms with E-state index >= 15 is 0 Å². The highest BCUT2D eigenvalue weighted by molar-refractivity contribution is 9.10. The Morgan fingerprint density at radius 1 is 1.43 bits per heavy atom. The van der Waals surface area contributed by atoms with E-state index in [2.05, 4.69) is 21.2 Å². The number of hydrogen-bond donors (Lipinski definition) is 1. The maximum atomic E-state index is 11.7. The molecule has 1 rings (SSSR count). The predicted octanol–water partition coefficient (Wildman–Crippen LogP) is 4.43. The van der Waals surface area contributed by atoms with Crippen LogP contribution in [-0.4, -0.2) is 24.3 Å². The normalized spacial score (nSPS) is 11.5. The molecule has 1 aromatic heterocycles. The van der Waals surface area contributed by atoms with Gasteiger partial charge in [-0.3, -0.25) is 5.32 Å². The zero-order chi connectivity index (χ0) is 16.0. The number of esters is 1. The first-order chi connectivity index (χ1) is 9.71. The third-order valence-electron chi connectivity index (χ3n) is 1.99. The van der Waals surface area contributed by atoms with Gasteiger partial charge in [0, 0.05) is 15.4 Å². The largest absolute Gasteiger partial charge is 0.463 e. The topological polar surface area (TPSA) is 64.6 Å². The first-order valence-electron chi connectivity index (χ1n) is 6.35. The molecule has 21 heavy (non-hydrogen) atoms. The van der Waals surface area contributed by atoms with Crippen molar-refractivity contribution in [1.29, 1.82) is 0 Å².